The lowest BCUT2D eigenvalue weighted by Crippen LogP contribution is -2.40. The molecule has 1 aliphatic carbocycles. The molecule has 4 aromatic rings. The average Bonchev–Trinajstić information content (AvgIpc) is 3.19. The number of nitrogens with one attached hydrogen (secondary N) is 2. The SMILES string of the molecule is O=C(NC1CC(=O)c2c([nH]c(-c3ccncc3)c2Cc2ccccc2)C1)c1ccccc1. The fraction of sp³-hybridized carbons (Fsp3) is 0.148. The van der Waals surface area contributed by atoms with E-state index in [0.29, 0.717) is 24.8 Å². The van der Waals surface area contributed by atoms with Gasteiger partial charge in [0.15, 0.2) is 5.78 Å². The summed E-state index contributed by atoms with van der Waals surface area (Å²) in [4.78, 5) is 33.6. The summed E-state index contributed by atoms with van der Waals surface area (Å²) in [6.45, 7) is 0. The van der Waals surface area contributed by atoms with E-state index in [-0.39, 0.29) is 17.7 Å². The number of carbonyl (C=O) groups excluding carboxylic acids is 2. The van der Waals surface area contributed by atoms with Gasteiger partial charge >= 0.3 is 0 Å². The molecule has 5 heteroatoms. The zero-order valence-corrected chi connectivity index (χ0v) is 17.5. The zero-order chi connectivity index (χ0) is 21.9. The highest BCUT2D eigenvalue weighted by Crippen LogP contribution is 2.34. The number of hydrogen-bond acceptors (Lipinski definition) is 3. The van der Waals surface area contributed by atoms with Gasteiger partial charge in [-0.25, -0.2) is 0 Å². The number of rotatable bonds is 5. The second-order valence-corrected chi connectivity index (χ2v) is 8.10. The van der Waals surface area contributed by atoms with Gasteiger partial charge in [0.05, 0.1) is 5.69 Å². The number of Topliss-reactive ketones (excluding diaryl/α,β-unsaturated/α-hetero) is 1. The van der Waals surface area contributed by atoms with E-state index in [1.54, 1.807) is 24.5 Å². The van der Waals surface area contributed by atoms with Crippen LogP contribution in [0.15, 0.2) is 85.2 Å². The van der Waals surface area contributed by atoms with Crippen LogP contribution in [0.4, 0.5) is 0 Å². The van der Waals surface area contributed by atoms with Crippen LogP contribution in [-0.2, 0) is 12.8 Å². The minimum absolute atomic E-state index is 0.0621. The molecule has 0 radical (unpaired) electrons. The molecule has 0 saturated heterocycles. The summed E-state index contributed by atoms with van der Waals surface area (Å²) in [5, 5.41) is 3.03. The number of ketones is 1. The first kappa shape index (κ1) is 19.9. The molecular formula is C27H23N3O2. The molecule has 158 valence electrons. The Morgan fingerprint density at radius 3 is 2.34 bits per heavy atom. The number of pyridine rings is 1. The molecule has 0 fully saturated rings. The Morgan fingerprint density at radius 1 is 0.938 bits per heavy atom. The fourth-order valence-electron chi connectivity index (χ4n) is 4.43. The van der Waals surface area contributed by atoms with Crippen LogP contribution in [0, 0.1) is 0 Å². The highest BCUT2D eigenvalue weighted by Gasteiger charge is 2.32. The standard InChI is InChI=1S/C27H23N3O2/c31-24-17-21(29-27(32)20-9-5-2-6-10-20)16-23-25(24)22(15-18-7-3-1-4-8-18)26(30-23)19-11-13-28-14-12-19/h1-14,21,30H,15-17H2,(H,29,32). The topological polar surface area (TPSA) is 74.8 Å². The molecule has 5 nitrogen and oxygen atoms in total. The molecule has 2 aromatic heterocycles. The fourth-order valence-corrected chi connectivity index (χ4v) is 4.43. The summed E-state index contributed by atoms with van der Waals surface area (Å²) in [7, 11) is 0. The monoisotopic (exact) mass is 421 g/mol. The lowest BCUT2D eigenvalue weighted by molar-refractivity contribution is 0.0904. The third-order valence-corrected chi connectivity index (χ3v) is 5.91. The Morgan fingerprint density at radius 2 is 1.62 bits per heavy atom. The summed E-state index contributed by atoms with van der Waals surface area (Å²) >= 11 is 0. The molecule has 1 aliphatic rings. The number of amides is 1. The van der Waals surface area contributed by atoms with Gasteiger partial charge in [-0.1, -0.05) is 48.5 Å². The molecule has 32 heavy (non-hydrogen) atoms. The minimum Gasteiger partial charge on any atom is -0.357 e. The number of hydrogen-bond donors (Lipinski definition) is 2. The van der Waals surface area contributed by atoms with Gasteiger partial charge in [0.25, 0.3) is 5.91 Å². The molecule has 5 rings (SSSR count). The lowest BCUT2D eigenvalue weighted by Gasteiger charge is -2.23. The van der Waals surface area contributed by atoms with Crippen molar-refractivity contribution in [3.8, 4) is 11.3 Å². The first-order valence-electron chi connectivity index (χ1n) is 10.8. The largest absolute Gasteiger partial charge is 0.357 e. The number of aromatic amines is 1. The van der Waals surface area contributed by atoms with E-state index in [1.807, 2.05) is 48.5 Å². The molecule has 1 unspecified atom stereocenters. The second-order valence-electron chi connectivity index (χ2n) is 8.10. The Hall–Kier alpha value is -3.99. The van der Waals surface area contributed by atoms with Crippen molar-refractivity contribution in [2.75, 3.05) is 0 Å². The van der Waals surface area contributed by atoms with Gasteiger partial charge in [0, 0.05) is 60.1 Å². The van der Waals surface area contributed by atoms with E-state index < -0.39 is 0 Å². The van der Waals surface area contributed by atoms with E-state index in [2.05, 4.69) is 27.4 Å². The summed E-state index contributed by atoms with van der Waals surface area (Å²) in [5.41, 5.74) is 6.36. The average molecular weight is 422 g/mol. The van der Waals surface area contributed by atoms with E-state index in [9.17, 15) is 9.59 Å². The number of aromatic nitrogens is 2. The Balaban J connectivity index is 1.49. The van der Waals surface area contributed by atoms with Crippen molar-refractivity contribution < 1.29 is 9.59 Å². The van der Waals surface area contributed by atoms with Gasteiger partial charge in [0.1, 0.15) is 0 Å². The van der Waals surface area contributed by atoms with Gasteiger partial charge < -0.3 is 10.3 Å². The van der Waals surface area contributed by atoms with Gasteiger partial charge in [-0.05, 0) is 35.4 Å². The van der Waals surface area contributed by atoms with Gasteiger partial charge in [0.2, 0.25) is 0 Å². The molecule has 0 aliphatic heterocycles. The second kappa shape index (κ2) is 8.63. The van der Waals surface area contributed by atoms with Crippen molar-refractivity contribution in [1.82, 2.24) is 15.3 Å². The summed E-state index contributed by atoms with van der Waals surface area (Å²) in [6, 6.07) is 22.9. The first-order chi connectivity index (χ1) is 15.7. The van der Waals surface area contributed by atoms with Crippen LogP contribution >= 0.6 is 0 Å². The molecule has 1 atom stereocenters. The lowest BCUT2D eigenvalue weighted by atomic mass is 9.87. The highest BCUT2D eigenvalue weighted by atomic mass is 16.2. The predicted octanol–water partition coefficient (Wildman–Crippen LogP) is 4.60. The van der Waals surface area contributed by atoms with E-state index in [0.717, 1.165) is 33.6 Å². The highest BCUT2D eigenvalue weighted by molar-refractivity contribution is 6.03. The van der Waals surface area contributed by atoms with Gasteiger partial charge in [-0.3, -0.25) is 14.6 Å². The Kier molecular flexibility index (Phi) is 5.38. The summed E-state index contributed by atoms with van der Waals surface area (Å²) < 4.78 is 0. The summed E-state index contributed by atoms with van der Waals surface area (Å²) in [5.74, 6) is -0.0932. The van der Waals surface area contributed by atoms with Crippen molar-refractivity contribution in [1.29, 1.82) is 0 Å². The number of H-pyrrole nitrogens is 1. The predicted molar refractivity (Wildman–Crippen MR) is 124 cm³/mol. The number of fused-ring (bicyclic) bond motifs is 1. The summed E-state index contributed by atoms with van der Waals surface area (Å²) in [6.07, 6.45) is 5.06. The van der Waals surface area contributed by atoms with Crippen molar-refractivity contribution >= 4 is 11.7 Å². The molecule has 2 N–H and O–H groups in total. The van der Waals surface area contributed by atoms with Gasteiger partial charge in [-0.2, -0.15) is 0 Å². The van der Waals surface area contributed by atoms with Crippen molar-refractivity contribution in [2.45, 2.75) is 25.3 Å². The van der Waals surface area contributed by atoms with Crippen molar-refractivity contribution in [3.63, 3.8) is 0 Å². The van der Waals surface area contributed by atoms with E-state index in [1.165, 1.54) is 0 Å². The third-order valence-electron chi connectivity index (χ3n) is 5.91. The Labute approximate surface area is 186 Å². The molecular weight excluding hydrogens is 398 g/mol. The Bertz CT molecular complexity index is 1250. The van der Waals surface area contributed by atoms with E-state index in [4.69, 9.17) is 0 Å². The van der Waals surface area contributed by atoms with Crippen molar-refractivity contribution in [2.24, 2.45) is 0 Å². The normalized spacial score (nSPS) is 15.2. The molecule has 2 heterocycles. The van der Waals surface area contributed by atoms with Crippen LogP contribution in [0.5, 0.6) is 0 Å². The zero-order valence-electron chi connectivity index (χ0n) is 17.5. The van der Waals surface area contributed by atoms with Crippen LogP contribution in [0.3, 0.4) is 0 Å². The maximum absolute atomic E-state index is 13.3. The molecule has 0 saturated carbocycles. The first-order valence-corrected chi connectivity index (χ1v) is 10.8. The number of nitrogens with zero attached hydrogens (tertiary/aromatic N) is 1. The smallest absolute Gasteiger partial charge is 0.251 e. The molecule has 2 aromatic carbocycles. The van der Waals surface area contributed by atoms with E-state index >= 15 is 0 Å². The van der Waals surface area contributed by atoms with Gasteiger partial charge in [-0.15, -0.1) is 0 Å². The van der Waals surface area contributed by atoms with Crippen molar-refractivity contribution in [3.05, 3.63) is 113 Å². The quantitative estimate of drug-likeness (QED) is 0.495. The van der Waals surface area contributed by atoms with Crippen LogP contribution in [0.1, 0.15) is 44.0 Å². The molecule has 1 amide bonds. The van der Waals surface area contributed by atoms with Crippen LogP contribution in [0.25, 0.3) is 11.3 Å². The van der Waals surface area contributed by atoms with Crippen LogP contribution in [0.2, 0.25) is 0 Å². The molecule has 0 spiro atoms. The number of carbonyl (C=O) groups is 2. The third kappa shape index (κ3) is 3.97. The van der Waals surface area contributed by atoms with Crippen LogP contribution in [-0.4, -0.2) is 27.7 Å². The molecule has 0 bridgehead atoms. The minimum atomic E-state index is -0.240. The maximum Gasteiger partial charge on any atom is 0.251 e. The maximum atomic E-state index is 13.3. The van der Waals surface area contributed by atoms with Crippen LogP contribution < -0.4 is 5.32 Å². The number of benzene rings is 2.